The highest BCUT2D eigenvalue weighted by Gasteiger charge is 2.46. The summed E-state index contributed by atoms with van der Waals surface area (Å²) in [6.07, 6.45) is 7.00. The van der Waals surface area contributed by atoms with Gasteiger partial charge in [0, 0.05) is 12.3 Å². The first-order valence-electron chi connectivity index (χ1n) is 6.87. The molecule has 0 aromatic carbocycles. The third kappa shape index (κ3) is 2.19. The highest BCUT2D eigenvalue weighted by Crippen LogP contribution is 2.52. The molecule has 0 spiro atoms. The van der Waals surface area contributed by atoms with Gasteiger partial charge in [-0.15, -0.1) is 0 Å². The molecule has 0 aliphatic heterocycles. The van der Waals surface area contributed by atoms with Crippen molar-refractivity contribution in [3.8, 4) is 0 Å². The van der Waals surface area contributed by atoms with Gasteiger partial charge in [-0.05, 0) is 74.9 Å². The highest BCUT2D eigenvalue weighted by molar-refractivity contribution is 7.80. The topological polar surface area (TPSA) is 36.4 Å². The predicted molar refractivity (Wildman–Crippen MR) is 73.9 cm³/mol. The van der Waals surface area contributed by atoms with Crippen molar-refractivity contribution in [3.05, 3.63) is 0 Å². The van der Waals surface area contributed by atoms with Crippen LogP contribution in [0, 0.1) is 23.7 Å². The Balaban J connectivity index is 1.67. The summed E-state index contributed by atoms with van der Waals surface area (Å²) >= 11 is 5.16. The van der Waals surface area contributed by atoms with Crippen LogP contribution >= 0.6 is 12.2 Å². The Kier molecular flexibility index (Phi) is 3.07. The van der Waals surface area contributed by atoms with Crippen molar-refractivity contribution in [2.45, 2.75) is 39.0 Å². The molecule has 0 unspecified atom stereocenters. The Morgan fingerprint density at radius 1 is 1.18 bits per heavy atom. The maximum absolute atomic E-state index is 5.16. The van der Waals surface area contributed by atoms with Crippen molar-refractivity contribution in [2.24, 2.45) is 28.8 Å². The minimum Gasteiger partial charge on any atom is -0.362 e. The number of hydrogen-bond acceptors (Lipinski definition) is 2. The van der Waals surface area contributed by atoms with E-state index < -0.39 is 0 Å². The fourth-order valence-corrected chi connectivity index (χ4v) is 4.35. The number of hydrazone groups is 1. The van der Waals surface area contributed by atoms with Gasteiger partial charge in [-0.25, -0.2) is 0 Å². The molecule has 4 saturated carbocycles. The Morgan fingerprint density at radius 2 is 1.76 bits per heavy atom. The summed E-state index contributed by atoms with van der Waals surface area (Å²) in [7, 11) is 0. The number of rotatable bonds is 2. The molecule has 4 aliphatic carbocycles. The Labute approximate surface area is 108 Å². The average molecular weight is 251 g/mol. The predicted octanol–water partition coefficient (Wildman–Crippen LogP) is 2.28. The zero-order valence-electron chi connectivity index (χ0n) is 10.4. The SMILES string of the molecule is CCNC(=S)NN=C1C2CC3CC(C2)CC1C3. The van der Waals surface area contributed by atoms with E-state index in [2.05, 4.69) is 15.8 Å². The molecule has 4 fully saturated rings. The number of nitrogens with zero attached hydrogens (tertiary/aromatic N) is 1. The summed E-state index contributed by atoms with van der Waals surface area (Å²) in [4.78, 5) is 0. The van der Waals surface area contributed by atoms with Crippen molar-refractivity contribution < 1.29 is 0 Å². The van der Waals surface area contributed by atoms with Crippen LogP contribution in [0.4, 0.5) is 0 Å². The van der Waals surface area contributed by atoms with Crippen LogP contribution in [0.5, 0.6) is 0 Å². The molecule has 0 aromatic heterocycles. The van der Waals surface area contributed by atoms with Crippen molar-refractivity contribution in [1.29, 1.82) is 0 Å². The van der Waals surface area contributed by atoms with Crippen molar-refractivity contribution in [3.63, 3.8) is 0 Å². The third-order valence-corrected chi connectivity index (χ3v) is 4.83. The van der Waals surface area contributed by atoms with E-state index in [1.807, 2.05) is 6.92 Å². The number of hydrogen-bond donors (Lipinski definition) is 2. The van der Waals surface area contributed by atoms with Crippen LogP contribution in [-0.4, -0.2) is 17.4 Å². The lowest BCUT2D eigenvalue weighted by atomic mass is 9.55. The van der Waals surface area contributed by atoms with E-state index in [1.165, 1.54) is 37.8 Å². The minimum atomic E-state index is 0.661. The summed E-state index contributed by atoms with van der Waals surface area (Å²) < 4.78 is 0. The summed E-state index contributed by atoms with van der Waals surface area (Å²) in [5.41, 5.74) is 4.43. The van der Waals surface area contributed by atoms with E-state index in [0.717, 1.165) is 30.2 Å². The molecule has 0 amide bonds. The average Bonchev–Trinajstić information content (AvgIpc) is 2.27. The Morgan fingerprint density at radius 3 is 2.29 bits per heavy atom. The van der Waals surface area contributed by atoms with Crippen LogP contribution in [0.15, 0.2) is 5.10 Å². The summed E-state index contributed by atoms with van der Waals surface area (Å²) in [6.45, 7) is 2.90. The van der Waals surface area contributed by atoms with Crippen LogP contribution in [0.1, 0.15) is 39.0 Å². The standard InChI is InChI=1S/C13H21N3S/c1-2-14-13(17)16-15-12-10-4-8-3-9(6-10)7-11(12)5-8/h8-11H,2-7H2,1H3,(H2,14,16,17). The molecule has 4 bridgehead atoms. The number of thiocarbonyl (C=S) groups is 1. The molecule has 4 rings (SSSR count). The molecule has 94 valence electrons. The highest BCUT2D eigenvalue weighted by atomic mass is 32.1. The first-order valence-corrected chi connectivity index (χ1v) is 7.28. The van der Waals surface area contributed by atoms with Crippen molar-refractivity contribution in [2.75, 3.05) is 6.54 Å². The lowest BCUT2D eigenvalue weighted by molar-refractivity contribution is 0.108. The fourth-order valence-electron chi connectivity index (χ4n) is 4.16. The smallest absolute Gasteiger partial charge is 0.186 e. The third-order valence-electron chi connectivity index (χ3n) is 4.60. The van der Waals surface area contributed by atoms with Crippen LogP contribution in [-0.2, 0) is 0 Å². The second kappa shape index (κ2) is 4.56. The van der Waals surface area contributed by atoms with E-state index in [-0.39, 0.29) is 0 Å². The summed E-state index contributed by atoms with van der Waals surface area (Å²) in [5, 5.41) is 8.35. The number of nitrogens with one attached hydrogen (secondary N) is 2. The second-order valence-corrected chi connectivity index (χ2v) is 6.22. The van der Waals surface area contributed by atoms with Gasteiger partial charge in [0.05, 0.1) is 0 Å². The lowest BCUT2D eigenvalue weighted by Crippen LogP contribution is -2.46. The maximum Gasteiger partial charge on any atom is 0.186 e. The van der Waals surface area contributed by atoms with E-state index in [1.54, 1.807) is 0 Å². The van der Waals surface area contributed by atoms with Gasteiger partial charge >= 0.3 is 0 Å². The van der Waals surface area contributed by atoms with E-state index in [0.29, 0.717) is 5.11 Å². The zero-order chi connectivity index (χ0) is 11.8. The lowest BCUT2D eigenvalue weighted by Gasteiger charge is -2.50. The molecule has 2 N–H and O–H groups in total. The molecule has 0 saturated heterocycles. The minimum absolute atomic E-state index is 0.661. The maximum atomic E-state index is 5.16. The Bertz CT molecular complexity index is 321. The molecular formula is C13H21N3S. The van der Waals surface area contributed by atoms with E-state index in [9.17, 15) is 0 Å². The fraction of sp³-hybridized carbons (Fsp3) is 0.846. The van der Waals surface area contributed by atoms with Gasteiger partial charge in [0.15, 0.2) is 5.11 Å². The van der Waals surface area contributed by atoms with Gasteiger partial charge in [-0.1, -0.05) is 0 Å². The van der Waals surface area contributed by atoms with E-state index in [4.69, 9.17) is 12.2 Å². The molecule has 0 atom stereocenters. The Hall–Kier alpha value is -0.640. The zero-order valence-corrected chi connectivity index (χ0v) is 11.2. The van der Waals surface area contributed by atoms with Crippen LogP contribution in [0.3, 0.4) is 0 Å². The summed E-state index contributed by atoms with van der Waals surface area (Å²) in [5.74, 6) is 3.50. The molecule has 17 heavy (non-hydrogen) atoms. The molecular weight excluding hydrogens is 230 g/mol. The largest absolute Gasteiger partial charge is 0.362 e. The van der Waals surface area contributed by atoms with E-state index >= 15 is 0 Å². The summed E-state index contributed by atoms with van der Waals surface area (Å²) in [6, 6.07) is 0. The quantitative estimate of drug-likeness (QED) is 0.584. The first-order chi connectivity index (χ1) is 8.26. The van der Waals surface area contributed by atoms with Gasteiger partial charge in [0.25, 0.3) is 0 Å². The van der Waals surface area contributed by atoms with Crippen LogP contribution < -0.4 is 10.7 Å². The molecule has 4 aliphatic rings. The van der Waals surface area contributed by atoms with Gasteiger partial charge in [0.1, 0.15) is 0 Å². The first kappa shape index (κ1) is 11.5. The second-order valence-electron chi connectivity index (χ2n) is 5.81. The molecule has 4 heteroatoms. The van der Waals surface area contributed by atoms with Gasteiger partial charge in [-0.2, -0.15) is 5.10 Å². The molecule has 0 radical (unpaired) electrons. The van der Waals surface area contributed by atoms with Crippen molar-refractivity contribution >= 4 is 23.0 Å². The van der Waals surface area contributed by atoms with Crippen LogP contribution in [0.25, 0.3) is 0 Å². The normalized spacial score (nSPS) is 38.1. The van der Waals surface area contributed by atoms with Crippen molar-refractivity contribution in [1.82, 2.24) is 10.7 Å². The molecule has 3 nitrogen and oxygen atoms in total. The van der Waals surface area contributed by atoms with Gasteiger partial charge in [-0.3, -0.25) is 5.43 Å². The molecule has 0 heterocycles. The monoisotopic (exact) mass is 251 g/mol. The molecule has 0 aromatic rings. The van der Waals surface area contributed by atoms with Crippen LogP contribution in [0.2, 0.25) is 0 Å². The van der Waals surface area contributed by atoms with Gasteiger partial charge < -0.3 is 5.32 Å². The van der Waals surface area contributed by atoms with Gasteiger partial charge in [0.2, 0.25) is 0 Å².